The maximum atomic E-state index is 13.0. The third-order valence-corrected chi connectivity index (χ3v) is 2.11. The van der Waals surface area contributed by atoms with Gasteiger partial charge in [-0.2, -0.15) is 48.3 Å². The van der Waals surface area contributed by atoms with E-state index in [0.717, 1.165) is 6.92 Å². The maximum absolute atomic E-state index is 13.0. The monoisotopic (exact) mass is 339 g/mol. The summed E-state index contributed by atoms with van der Waals surface area (Å²) in [5, 5.41) is 0. The molecule has 0 N–H and O–H groups in total. The van der Waals surface area contributed by atoms with Gasteiger partial charge in [0.1, 0.15) is 5.71 Å². The van der Waals surface area contributed by atoms with Crippen LogP contribution in [0.1, 0.15) is 13.3 Å². The zero-order valence-electron chi connectivity index (χ0n) is 10.1. The summed E-state index contributed by atoms with van der Waals surface area (Å²) < 4.78 is 136. The highest BCUT2D eigenvalue weighted by Crippen LogP contribution is 2.47. The first-order valence-electron chi connectivity index (χ1n) is 5.19. The van der Waals surface area contributed by atoms with Crippen molar-refractivity contribution in [2.75, 3.05) is 6.54 Å². The van der Waals surface area contributed by atoms with Crippen molar-refractivity contribution in [2.24, 2.45) is 10.9 Å². The molecule has 0 saturated heterocycles. The Morgan fingerprint density at radius 3 is 1.43 bits per heavy atom. The van der Waals surface area contributed by atoms with Crippen molar-refractivity contribution in [2.45, 2.75) is 37.8 Å². The molecule has 0 aromatic carbocycles. The minimum Gasteiger partial charge on any atom is -0.286 e. The summed E-state index contributed by atoms with van der Waals surface area (Å²) in [5.41, 5.74) is -3.29. The topological polar surface area (TPSA) is 12.4 Å². The van der Waals surface area contributed by atoms with E-state index in [9.17, 15) is 48.3 Å². The number of rotatable bonds is 4. The van der Waals surface area contributed by atoms with E-state index in [1.165, 1.54) is 0 Å². The van der Waals surface area contributed by atoms with Gasteiger partial charge in [-0.05, 0) is 6.42 Å². The standard InChI is InChI=1S/C9H8F11N/c1-2-3-21-5(6(10,11)9(18,19)20)4(7(12,13)14)8(15,16)17/h4H,2-3H2,1H3. The Kier molecular flexibility index (Phi) is 5.64. The van der Waals surface area contributed by atoms with Crippen molar-refractivity contribution in [1.82, 2.24) is 0 Å². The quantitative estimate of drug-likeness (QED) is 0.517. The first-order valence-corrected chi connectivity index (χ1v) is 5.19. The predicted molar refractivity (Wildman–Crippen MR) is 49.2 cm³/mol. The summed E-state index contributed by atoms with van der Waals surface area (Å²) in [7, 11) is 0. The van der Waals surface area contributed by atoms with Crippen molar-refractivity contribution < 1.29 is 48.3 Å². The Balaban J connectivity index is 6.15. The molecule has 0 aromatic heterocycles. The molecule has 0 heterocycles. The molecule has 0 atom stereocenters. The molecule has 0 fully saturated rings. The Labute approximate surface area is 110 Å². The number of alkyl halides is 11. The number of nitrogens with zero attached hydrogens (tertiary/aromatic N) is 1. The van der Waals surface area contributed by atoms with Crippen molar-refractivity contribution in [3.8, 4) is 0 Å². The fourth-order valence-electron chi connectivity index (χ4n) is 1.24. The molecule has 1 nitrogen and oxygen atoms in total. The van der Waals surface area contributed by atoms with Gasteiger partial charge in [0.25, 0.3) is 0 Å². The van der Waals surface area contributed by atoms with Crippen LogP contribution in [0.4, 0.5) is 48.3 Å². The zero-order chi connectivity index (χ0) is 17.3. The second kappa shape index (κ2) is 5.95. The van der Waals surface area contributed by atoms with E-state index in [1.807, 2.05) is 0 Å². The molecule has 0 radical (unpaired) electrons. The molecule has 0 bridgehead atoms. The van der Waals surface area contributed by atoms with Crippen LogP contribution in [0.15, 0.2) is 4.99 Å². The van der Waals surface area contributed by atoms with Crippen molar-refractivity contribution >= 4 is 5.71 Å². The van der Waals surface area contributed by atoms with Crippen LogP contribution in [0, 0.1) is 5.92 Å². The van der Waals surface area contributed by atoms with Gasteiger partial charge in [0.05, 0.1) is 0 Å². The van der Waals surface area contributed by atoms with Crippen LogP contribution in [0.25, 0.3) is 0 Å². The van der Waals surface area contributed by atoms with E-state index in [0.29, 0.717) is 0 Å². The Morgan fingerprint density at radius 1 is 0.810 bits per heavy atom. The third-order valence-electron chi connectivity index (χ3n) is 2.11. The van der Waals surface area contributed by atoms with Gasteiger partial charge in [-0.25, -0.2) is 0 Å². The van der Waals surface area contributed by atoms with Gasteiger partial charge in [-0.3, -0.25) is 4.99 Å². The van der Waals surface area contributed by atoms with Gasteiger partial charge in [0, 0.05) is 6.54 Å². The average Bonchev–Trinajstić information content (AvgIpc) is 2.17. The first kappa shape index (κ1) is 19.9. The summed E-state index contributed by atoms with van der Waals surface area (Å²) in [6.45, 7) is 0.0900. The molecule has 0 aliphatic heterocycles. The van der Waals surface area contributed by atoms with Gasteiger partial charge in [-0.1, -0.05) is 6.92 Å². The molecular weight excluding hydrogens is 331 g/mol. The molecule has 0 aliphatic carbocycles. The maximum Gasteiger partial charge on any atom is 0.459 e. The minimum atomic E-state index is -6.63. The summed E-state index contributed by atoms with van der Waals surface area (Å²) in [6, 6.07) is 0. The van der Waals surface area contributed by atoms with Crippen LogP contribution in [0.3, 0.4) is 0 Å². The predicted octanol–water partition coefficient (Wildman–Crippen LogP) is 4.78. The largest absolute Gasteiger partial charge is 0.459 e. The summed E-state index contributed by atoms with van der Waals surface area (Å²) in [6.07, 6.45) is -19.7. The van der Waals surface area contributed by atoms with Gasteiger partial charge in [0.15, 0.2) is 5.92 Å². The molecule has 0 aromatic rings. The van der Waals surface area contributed by atoms with Crippen LogP contribution >= 0.6 is 0 Å². The van der Waals surface area contributed by atoms with E-state index >= 15 is 0 Å². The van der Waals surface area contributed by atoms with Gasteiger partial charge in [0.2, 0.25) is 0 Å². The fraction of sp³-hybridized carbons (Fsp3) is 0.889. The van der Waals surface area contributed by atoms with Crippen molar-refractivity contribution in [3.63, 3.8) is 0 Å². The molecular formula is C9H8F11N. The number of halogens is 11. The SMILES string of the molecule is CCCN=C(C(C(F)(F)F)C(F)(F)F)C(F)(F)C(F)(F)F. The smallest absolute Gasteiger partial charge is 0.286 e. The van der Waals surface area contributed by atoms with Crippen molar-refractivity contribution in [1.29, 1.82) is 0 Å². The molecule has 12 heteroatoms. The summed E-state index contributed by atoms with van der Waals surface area (Å²) >= 11 is 0. The van der Waals surface area contributed by atoms with Gasteiger partial charge < -0.3 is 0 Å². The average molecular weight is 339 g/mol. The molecule has 0 saturated carbocycles. The van der Waals surface area contributed by atoms with E-state index < -0.39 is 42.6 Å². The lowest BCUT2D eigenvalue weighted by Crippen LogP contribution is -2.55. The van der Waals surface area contributed by atoms with Crippen LogP contribution in [0.2, 0.25) is 0 Å². The molecule has 21 heavy (non-hydrogen) atoms. The Morgan fingerprint density at radius 2 is 1.19 bits per heavy atom. The normalized spacial score (nSPS) is 15.8. The van der Waals surface area contributed by atoms with Crippen LogP contribution in [-0.2, 0) is 0 Å². The molecule has 126 valence electrons. The molecule has 0 unspecified atom stereocenters. The first-order chi connectivity index (χ1) is 9.06. The van der Waals surface area contributed by atoms with E-state index in [2.05, 4.69) is 4.99 Å². The second-order valence-electron chi connectivity index (χ2n) is 3.86. The lowest BCUT2D eigenvalue weighted by atomic mass is 9.95. The summed E-state index contributed by atoms with van der Waals surface area (Å²) in [4.78, 5) is 2.22. The van der Waals surface area contributed by atoms with Crippen LogP contribution in [-0.4, -0.2) is 36.7 Å². The Bertz CT molecular complexity index is 359. The van der Waals surface area contributed by atoms with Crippen molar-refractivity contribution in [3.05, 3.63) is 0 Å². The lowest BCUT2D eigenvalue weighted by Gasteiger charge is -2.30. The van der Waals surface area contributed by atoms with E-state index in [-0.39, 0.29) is 6.42 Å². The second-order valence-corrected chi connectivity index (χ2v) is 3.86. The van der Waals surface area contributed by atoms with Gasteiger partial charge in [-0.15, -0.1) is 0 Å². The highest BCUT2D eigenvalue weighted by Gasteiger charge is 2.71. The molecule has 0 rings (SSSR count). The third kappa shape index (κ3) is 4.70. The van der Waals surface area contributed by atoms with Crippen LogP contribution < -0.4 is 0 Å². The minimum absolute atomic E-state index is 0.320. The summed E-state index contributed by atoms with van der Waals surface area (Å²) in [5.74, 6) is -11.3. The zero-order valence-corrected chi connectivity index (χ0v) is 10.1. The molecule has 0 aliphatic rings. The fourth-order valence-corrected chi connectivity index (χ4v) is 1.24. The van der Waals surface area contributed by atoms with Crippen LogP contribution in [0.5, 0.6) is 0 Å². The number of hydrogen-bond donors (Lipinski definition) is 0. The number of hydrogen-bond acceptors (Lipinski definition) is 1. The molecule has 0 spiro atoms. The number of aliphatic imine (C=N–C) groups is 1. The van der Waals surface area contributed by atoms with Gasteiger partial charge >= 0.3 is 24.5 Å². The molecule has 0 amide bonds. The Hall–Kier alpha value is -1.10. The van der Waals surface area contributed by atoms with E-state index in [4.69, 9.17) is 0 Å². The van der Waals surface area contributed by atoms with E-state index in [1.54, 1.807) is 0 Å². The lowest BCUT2D eigenvalue weighted by molar-refractivity contribution is -0.280. The highest BCUT2D eigenvalue weighted by molar-refractivity contribution is 5.95. The highest BCUT2D eigenvalue weighted by atomic mass is 19.4.